The zero-order chi connectivity index (χ0) is 22.6. The van der Waals surface area contributed by atoms with Gasteiger partial charge in [-0.2, -0.15) is 0 Å². The number of phenolic OH excluding ortho intramolecular Hbond substituents is 1. The summed E-state index contributed by atoms with van der Waals surface area (Å²) in [6.07, 6.45) is 0. The maximum atomic E-state index is 13.5. The quantitative estimate of drug-likeness (QED) is 0.399. The van der Waals surface area contributed by atoms with Gasteiger partial charge in [-0.15, -0.1) is 0 Å². The lowest BCUT2D eigenvalue weighted by Crippen LogP contribution is -2.29. The molecular weight excluding hydrogens is 474 g/mol. The van der Waals surface area contributed by atoms with Crippen molar-refractivity contribution < 1.29 is 19.1 Å². The second kappa shape index (κ2) is 7.46. The largest absolute Gasteiger partial charge is 0.508 e. The van der Waals surface area contributed by atoms with Gasteiger partial charge in [0.2, 0.25) is 5.76 Å². The molecule has 0 spiro atoms. The van der Waals surface area contributed by atoms with Crippen LogP contribution in [0.3, 0.4) is 0 Å². The summed E-state index contributed by atoms with van der Waals surface area (Å²) in [5, 5.41) is 10.1. The number of amides is 1. The normalized spacial score (nSPS) is 15.2. The molecule has 4 aromatic rings. The van der Waals surface area contributed by atoms with Gasteiger partial charge in [0, 0.05) is 15.7 Å². The summed E-state index contributed by atoms with van der Waals surface area (Å²) >= 11 is 3.38. The number of aromatic hydroxyl groups is 1. The lowest BCUT2D eigenvalue weighted by molar-refractivity contribution is 0.0970. The fourth-order valence-electron chi connectivity index (χ4n) is 4.04. The first kappa shape index (κ1) is 20.2. The van der Waals surface area contributed by atoms with E-state index in [0.29, 0.717) is 27.8 Å². The fraction of sp³-hybridized carbons (Fsp3) is 0.0800. The molecule has 0 saturated carbocycles. The average Bonchev–Trinajstić information content (AvgIpc) is 3.07. The minimum atomic E-state index is -0.749. The van der Waals surface area contributed by atoms with Crippen molar-refractivity contribution in [2.75, 3.05) is 4.90 Å². The van der Waals surface area contributed by atoms with E-state index >= 15 is 0 Å². The Kier molecular flexibility index (Phi) is 4.71. The van der Waals surface area contributed by atoms with Crippen LogP contribution in [0.25, 0.3) is 11.0 Å². The molecule has 5 rings (SSSR count). The van der Waals surface area contributed by atoms with Crippen LogP contribution in [0.5, 0.6) is 5.75 Å². The molecule has 1 aliphatic rings. The van der Waals surface area contributed by atoms with Gasteiger partial charge in [0.25, 0.3) is 5.91 Å². The first-order valence-electron chi connectivity index (χ1n) is 9.85. The van der Waals surface area contributed by atoms with E-state index in [1.807, 2.05) is 0 Å². The van der Waals surface area contributed by atoms with E-state index in [0.717, 1.165) is 4.47 Å². The van der Waals surface area contributed by atoms with Crippen molar-refractivity contribution in [2.24, 2.45) is 0 Å². The second-order valence-corrected chi connectivity index (χ2v) is 8.50. The summed E-state index contributed by atoms with van der Waals surface area (Å²) in [6, 6.07) is 17.3. The number of hydrogen-bond donors (Lipinski definition) is 1. The number of nitrogens with zero attached hydrogens (tertiary/aromatic N) is 1. The molecule has 2 heterocycles. The Morgan fingerprint density at radius 2 is 1.69 bits per heavy atom. The van der Waals surface area contributed by atoms with Crippen molar-refractivity contribution in [1.82, 2.24) is 0 Å². The van der Waals surface area contributed by atoms with Crippen LogP contribution in [-0.4, -0.2) is 16.8 Å². The highest BCUT2D eigenvalue weighted by atomic mass is 79.9. The Morgan fingerprint density at radius 1 is 1.00 bits per heavy atom. The Morgan fingerprint density at radius 3 is 2.34 bits per heavy atom. The molecule has 158 valence electrons. The highest BCUT2D eigenvalue weighted by Crippen LogP contribution is 2.41. The molecule has 1 N–H and O–H groups in total. The van der Waals surface area contributed by atoms with Crippen molar-refractivity contribution in [3.05, 3.63) is 104 Å². The molecular formula is C25H16BrNO5. The number of Topliss-reactive ketones (excluding diaryl/α,β-unsaturated/α-hetero) is 1. The van der Waals surface area contributed by atoms with Crippen LogP contribution in [0.15, 0.2) is 80.4 Å². The van der Waals surface area contributed by atoms with Gasteiger partial charge in [0.05, 0.1) is 17.0 Å². The third kappa shape index (κ3) is 3.13. The van der Waals surface area contributed by atoms with Gasteiger partial charge in [0.1, 0.15) is 11.3 Å². The highest BCUT2D eigenvalue weighted by Gasteiger charge is 2.43. The first-order chi connectivity index (χ1) is 15.3. The number of carbonyl (C=O) groups excluding carboxylic acids is 2. The second-order valence-electron chi connectivity index (χ2n) is 7.59. The molecule has 3 aromatic carbocycles. The number of hydrogen-bond acceptors (Lipinski definition) is 5. The zero-order valence-corrected chi connectivity index (χ0v) is 18.4. The average molecular weight is 490 g/mol. The van der Waals surface area contributed by atoms with E-state index in [4.69, 9.17) is 4.42 Å². The van der Waals surface area contributed by atoms with E-state index in [1.54, 1.807) is 54.6 Å². The number of ketones is 1. The predicted molar refractivity (Wildman–Crippen MR) is 123 cm³/mol. The summed E-state index contributed by atoms with van der Waals surface area (Å²) in [6.45, 7) is 1.47. The molecule has 6 nitrogen and oxygen atoms in total. The van der Waals surface area contributed by atoms with Crippen molar-refractivity contribution in [3.8, 4) is 5.75 Å². The lowest BCUT2D eigenvalue weighted by atomic mass is 9.98. The van der Waals surface area contributed by atoms with Gasteiger partial charge >= 0.3 is 0 Å². The van der Waals surface area contributed by atoms with Crippen LogP contribution in [0, 0.1) is 0 Å². The van der Waals surface area contributed by atoms with E-state index in [1.165, 1.54) is 24.0 Å². The predicted octanol–water partition coefficient (Wildman–Crippen LogP) is 5.21. The molecule has 0 saturated heterocycles. The van der Waals surface area contributed by atoms with Crippen LogP contribution in [0.2, 0.25) is 0 Å². The van der Waals surface area contributed by atoms with Crippen LogP contribution in [0.4, 0.5) is 5.69 Å². The molecule has 1 aromatic heterocycles. The van der Waals surface area contributed by atoms with E-state index in [-0.39, 0.29) is 28.3 Å². The van der Waals surface area contributed by atoms with E-state index < -0.39 is 11.9 Å². The number of anilines is 1. The Bertz CT molecular complexity index is 1460. The van der Waals surface area contributed by atoms with Gasteiger partial charge < -0.3 is 9.52 Å². The minimum Gasteiger partial charge on any atom is -0.508 e. The molecule has 0 bridgehead atoms. The number of phenols is 1. The number of halogens is 1. The van der Waals surface area contributed by atoms with Gasteiger partial charge in [-0.1, -0.05) is 28.1 Å². The molecule has 1 aliphatic heterocycles. The van der Waals surface area contributed by atoms with Crippen LogP contribution >= 0.6 is 15.9 Å². The minimum absolute atomic E-state index is 0.0152. The summed E-state index contributed by atoms with van der Waals surface area (Å²) in [5.41, 5.74) is 1.95. The number of benzene rings is 3. The summed E-state index contributed by atoms with van der Waals surface area (Å²) in [7, 11) is 0. The molecule has 0 aliphatic carbocycles. The molecule has 32 heavy (non-hydrogen) atoms. The maximum absolute atomic E-state index is 13.5. The molecule has 1 atom stereocenters. The summed E-state index contributed by atoms with van der Waals surface area (Å²) in [4.78, 5) is 40.2. The first-order valence-corrected chi connectivity index (χ1v) is 10.6. The van der Waals surface area contributed by atoms with E-state index in [2.05, 4.69) is 15.9 Å². The maximum Gasteiger partial charge on any atom is 0.295 e. The molecule has 0 fully saturated rings. The Labute approximate surface area is 190 Å². The van der Waals surface area contributed by atoms with Crippen LogP contribution < -0.4 is 10.3 Å². The smallest absolute Gasteiger partial charge is 0.295 e. The molecule has 1 unspecified atom stereocenters. The number of carbonyl (C=O) groups is 2. The molecule has 0 radical (unpaired) electrons. The van der Waals surface area contributed by atoms with Gasteiger partial charge in [-0.3, -0.25) is 19.3 Å². The summed E-state index contributed by atoms with van der Waals surface area (Å²) < 4.78 is 6.65. The number of rotatable bonds is 3. The van der Waals surface area contributed by atoms with Crippen molar-refractivity contribution in [2.45, 2.75) is 13.0 Å². The Balaban J connectivity index is 1.77. The summed E-state index contributed by atoms with van der Waals surface area (Å²) in [5.74, 6) is -0.476. The fourth-order valence-corrected chi connectivity index (χ4v) is 4.40. The number of fused-ring (bicyclic) bond motifs is 2. The molecule has 7 heteroatoms. The van der Waals surface area contributed by atoms with Crippen molar-refractivity contribution in [1.29, 1.82) is 0 Å². The standard InChI is InChI=1S/C25H16BrNO5/c1-13(28)14-2-7-17(8-3-14)27-22(15-4-9-18(29)10-5-15)21-23(30)19-12-16(26)6-11-20(19)32-24(21)25(27)31/h2-12,22,29H,1H3. The van der Waals surface area contributed by atoms with Gasteiger partial charge in [-0.25, -0.2) is 0 Å². The topological polar surface area (TPSA) is 87.8 Å². The van der Waals surface area contributed by atoms with Crippen LogP contribution in [0.1, 0.15) is 45.0 Å². The third-order valence-electron chi connectivity index (χ3n) is 5.59. The monoisotopic (exact) mass is 489 g/mol. The molecule has 1 amide bonds. The Hall–Kier alpha value is -3.71. The van der Waals surface area contributed by atoms with Gasteiger partial charge in [-0.05, 0) is 67.1 Å². The van der Waals surface area contributed by atoms with Gasteiger partial charge in [0.15, 0.2) is 11.2 Å². The van der Waals surface area contributed by atoms with Crippen molar-refractivity contribution in [3.63, 3.8) is 0 Å². The van der Waals surface area contributed by atoms with E-state index in [9.17, 15) is 19.5 Å². The SMILES string of the molecule is CC(=O)c1ccc(N2C(=O)c3oc4ccc(Br)cc4c(=O)c3C2c2ccc(O)cc2)cc1. The highest BCUT2D eigenvalue weighted by molar-refractivity contribution is 9.10. The van der Waals surface area contributed by atoms with Crippen molar-refractivity contribution >= 4 is 44.3 Å². The zero-order valence-electron chi connectivity index (χ0n) is 16.8. The lowest BCUT2D eigenvalue weighted by Gasteiger charge is -2.25. The van der Waals surface area contributed by atoms with Crippen LogP contribution in [-0.2, 0) is 0 Å². The third-order valence-corrected chi connectivity index (χ3v) is 6.09.